The fourth-order valence-corrected chi connectivity index (χ4v) is 3.67. The average Bonchev–Trinajstić information content (AvgIpc) is 2.67. The van der Waals surface area contributed by atoms with Crippen molar-refractivity contribution in [2.24, 2.45) is 0 Å². The van der Waals surface area contributed by atoms with Crippen molar-refractivity contribution in [2.75, 3.05) is 24.6 Å². The highest BCUT2D eigenvalue weighted by Crippen LogP contribution is 2.33. The lowest BCUT2D eigenvalue weighted by molar-refractivity contribution is -0.141. The van der Waals surface area contributed by atoms with Crippen LogP contribution in [-0.4, -0.2) is 35.8 Å². The Kier molecular flexibility index (Phi) is 6.17. The van der Waals surface area contributed by atoms with Crippen molar-refractivity contribution in [3.8, 4) is 0 Å². The summed E-state index contributed by atoms with van der Waals surface area (Å²) in [5.74, 6) is 1.37. The van der Waals surface area contributed by atoms with Crippen LogP contribution in [0.2, 0.25) is 0 Å². The van der Waals surface area contributed by atoms with Crippen molar-refractivity contribution in [3.05, 3.63) is 53.5 Å². The molecule has 0 saturated carbocycles. The SMILES string of the molecule is CC(C)c1ccnc(N2CCOC(CC(C)(C)c3ccc(C(F)(F)F)nc3)C2)c1. The number of aromatic nitrogens is 2. The fraction of sp³-hybridized carbons (Fsp3) is 0.545. The van der Waals surface area contributed by atoms with E-state index in [9.17, 15) is 13.2 Å². The Morgan fingerprint density at radius 2 is 1.93 bits per heavy atom. The Hall–Kier alpha value is -2.15. The molecule has 3 heterocycles. The summed E-state index contributed by atoms with van der Waals surface area (Å²) in [7, 11) is 0. The molecule has 29 heavy (non-hydrogen) atoms. The van der Waals surface area contributed by atoms with E-state index >= 15 is 0 Å². The van der Waals surface area contributed by atoms with E-state index in [-0.39, 0.29) is 11.5 Å². The first-order chi connectivity index (χ1) is 13.6. The van der Waals surface area contributed by atoms with E-state index in [2.05, 4.69) is 34.8 Å². The lowest BCUT2D eigenvalue weighted by atomic mass is 9.80. The maximum absolute atomic E-state index is 12.8. The Morgan fingerprint density at radius 1 is 1.17 bits per heavy atom. The Labute approximate surface area is 170 Å². The molecule has 1 aliphatic rings. The predicted octanol–water partition coefficient (Wildman–Crippen LogP) is 5.19. The molecule has 1 saturated heterocycles. The van der Waals surface area contributed by atoms with Crippen molar-refractivity contribution < 1.29 is 17.9 Å². The first kappa shape index (κ1) is 21.6. The smallest absolute Gasteiger partial charge is 0.375 e. The number of hydrogen-bond acceptors (Lipinski definition) is 4. The quantitative estimate of drug-likeness (QED) is 0.684. The molecule has 0 aromatic carbocycles. The minimum atomic E-state index is -4.42. The number of anilines is 1. The van der Waals surface area contributed by atoms with Crippen LogP contribution in [-0.2, 0) is 16.3 Å². The highest BCUT2D eigenvalue weighted by Gasteiger charge is 2.34. The summed E-state index contributed by atoms with van der Waals surface area (Å²) in [6.45, 7) is 10.4. The van der Waals surface area contributed by atoms with Gasteiger partial charge in [0.05, 0.1) is 12.7 Å². The van der Waals surface area contributed by atoms with Crippen molar-refractivity contribution in [3.63, 3.8) is 0 Å². The molecule has 1 fully saturated rings. The van der Waals surface area contributed by atoms with Crippen LogP contribution < -0.4 is 4.90 Å². The Bertz CT molecular complexity index is 819. The first-order valence-corrected chi connectivity index (χ1v) is 9.92. The molecule has 0 bridgehead atoms. The molecule has 158 valence electrons. The molecule has 4 nitrogen and oxygen atoms in total. The molecule has 1 atom stereocenters. The monoisotopic (exact) mass is 407 g/mol. The Morgan fingerprint density at radius 3 is 2.55 bits per heavy atom. The summed E-state index contributed by atoms with van der Waals surface area (Å²) in [6, 6.07) is 6.72. The molecular weight excluding hydrogens is 379 g/mol. The number of hydrogen-bond donors (Lipinski definition) is 0. The lowest BCUT2D eigenvalue weighted by Crippen LogP contribution is -2.45. The van der Waals surface area contributed by atoms with Crippen molar-refractivity contribution >= 4 is 5.82 Å². The van der Waals surface area contributed by atoms with E-state index in [1.807, 2.05) is 26.1 Å². The minimum absolute atomic E-state index is 0.0365. The van der Waals surface area contributed by atoms with Gasteiger partial charge in [-0.25, -0.2) is 4.98 Å². The molecule has 1 unspecified atom stereocenters. The van der Waals surface area contributed by atoms with Crippen LogP contribution in [0.5, 0.6) is 0 Å². The summed E-state index contributed by atoms with van der Waals surface area (Å²) >= 11 is 0. The van der Waals surface area contributed by atoms with Crippen LogP contribution in [0.25, 0.3) is 0 Å². The number of morpholine rings is 1. The average molecular weight is 407 g/mol. The van der Waals surface area contributed by atoms with Crippen LogP contribution >= 0.6 is 0 Å². The molecule has 7 heteroatoms. The number of ether oxygens (including phenoxy) is 1. The number of halogens is 3. The molecule has 0 amide bonds. The van der Waals surface area contributed by atoms with Gasteiger partial charge in [-0.3, -0.25) is 4.98 Å². The lowest BCUT2D eigenvalue weighted by Gasteiger charge is -2.38. The van der Waals surface area contributed by atoms with Crippen molar-refractivity contribution in [1.82, 2.24) is 9.97 Å². The fourth-order valence-electron chi connectivity index (χ4n) is 3.67. The van der Waals surface area contributed by atoms with Gasteiger partial charge in [-0.15, -0.1) is 0 Å². The van der Waals surface area contributed by atoms with Gasteiger partial charge in [-0.2, -0.15) is 13.2 Å². The van der Waals surface area contributed by atoms with E-state index in [1.165, 1.54) is 17.8 Å². The molecule has 2 aromatic rings. The van der Waals surface area contributed by atoms with E-state index < -0.39 is 11.9 Å². The highest BCUT2D eigenvalue weighted by atomic mass is 19.4. The number of alkyl halides is 3. The second-order valence-corrected chi connectivity index (χ2v) is 8.56. The third-order valence-corrected chi connectivity index (χ3v) is 5.47. The molecule has 0 aliphatic carbocycles. The predicted molar refractivity (Wildman–Crippen MR) is 107 cm³/mol. The van der Waals surface area contributed by atoms with Gasteiger partial charge >= 0.3 is 6.18 Å². The van der Waals surface area contributed by atoms with Gasteiger partial charge in [0.2, 0.25) is 0 Å². The maximum atomic E-state index is 12.8. The van der Waals surface area contributed by atoms with Gasteiger partial charge in [0, 0.05) is 25.5 Å². The van der Waals surface area contributed by atoms with Crippen molar-refractivity contribution in [1.29, 1.82) is 0 Å². The van der Waals surface area contributed by atoms with Gasteiger partial charge in [0.25, 0.3) is 0 Å². The summed E-state index contributed by atoms with van der Waals surface area (Å²) in [5, 5.41) is 0. The minimum Gasteiger partial charge on any atom is -0.375 e. The molecule has 1 aliphatic heterocycles. The van der Waals surface area contributed by atoms with E-state index in [4.69, 9.17) is 4.74 Å². The second-order valence-electron chi connectivity index (χ2n) is 8.56. The highest BCUT2D eigenvalue weighted by molar-refractivity contribution is 5.42. The Balaban J connectivity index is 1.70. The third kappa shape index (κ3) is 5.26. The first-order valence-electron chi connectivity index (χ1n) is 9.92. The van der Waals surface area contributed by atoms with Crippen LogP contribution in [0, 0.1) is 0 Å². The van der Waals surface area contributed by atoms with Gasteiger partial charge in [0.1, 0.15) is 11.5 Å². The van der Waals surface area contributed by atoms with Crippen LogP contribution in [0.15, 0.2) is 36.7 Å². The zero-order valence-electron chi connectivity index (χ0n) is 17.3. The van der Waals surface area contributed by atoms with Crippen LogP contribution in [0.1, 0.15) is 56.9 Å². The maximum Gasteiger partial charge on any atom is 0.433 e. The topological polar surface area (TPSA) is 38.2 Å². The summed E-state index contributed by atoms with van der Waals surface area (Å²) in [6.07, 6.45) is -0.608. The van der Waals surface area contributed by atoms with E-state index in [0.29, 0.717) is 25.5 Å². The zero-order valence-corrected chi connectivity index (χ0v) is 17.3. The molecule has 0 N–H and O–H groups in total. The molecule has 0 radical (unpaired) electrons. The second kappa shape index (κ2) is 8.30. The van der Waals surface area contributed by atoms with Crippen LogP contribution in [0.3, 0.4) is 0 Å². The normalized spacial score (nSPS) is 18.3. The largest absolute Gasteiger partial charge is 0.433 e. The summed E-state index contributed by atoms with van der Waals surface area (Å²) in [4.78, 5) is 10.4. The standard InChI is InChI=1S/C22H28F3N3O/c1-15(2)16-7-8-26-20(11-16)28-9-10-29-18(14-28)12-21(3,4)17-5-6-19(27-13-17)22(23,24)25/h5-8,11,13,15,18H,9-10,12,14H2,1-4H3. The van der Waals surface area contributed by atoms with Gasteiger partial charge < -0.3 is 9.64 Å². The molecular formula is C22H28F3N3O. The van der Waals surface area contributed by atoms with E-state index in [1.54, 1.807) is 0 Å². The summed E-state index contributed by atoms with van der Waals surface area (Å²) in [5.41, 5.74) is 0.784. The number of pyridine rings is 2. The summed E-state index contributed by atoms with van der Waals surface area (Å²) < 4.78 is 44.3. The van der Waals surface area contributed by atoms with Crippen LogP contribution in [0.4, 0.5) is 19.0 Å². The number of rotatable bonds is 5. The van der Waals surface area contributed by atoms with Gasteiger partial charge in [0.15, 0.2) is 0 Å². The molecule has 2 aromatic heterocycles. The van der Waals surface area contributed by atoms with Gasteiger partial charge in [-0.05, 0) is 47.1 Å². The number of nitrogens with zero attached hydrogens (tertiary/aromatic N) is 3. The molecule has 3 rings (SSSR count). The zero-order chi connectivity index (χ0) is 21.2. The molecule has 0 spiro atoms. The van der Waals surface area contributed by atoms with Crippen molar-refractivity contribution in [2.45, 2.75) is 57.7 Å². The van der Waals surface area contributed by atoms with Gasteiger partial charge in [-0.1, -0.05) is 33.8 Å². The van der Waals surface area contributed by atoms with E-state index in [0.717, 1.165) is 24.0 Å². The third-order valence-electron chi connectivity index (χ3n) is 5.47.